The summed E-state index contributed by atoms with van der Waals surface area (Å²) < 4.78 is 170. The molecule has 27 heavy (non-hydrogen) atoms. The standard InChI is InChI=1S/C10H11F13O3Si/c1-2-26-27(24,25)4-3-5(11,12)6(13,14)7(15,16)8(17,18)9(19,20)10(21,22)23/h24-25H,2-4H2,1H3. The SMILES string of the molecule is CCO[Si](O)(O)CCC(F)(F)C(F)(F)C(F)(F)C(F)(F)C(F)(F)C(F)(F)F. The number of hydrogen-bond donors (Lipinski definition) is 2. The van der Waals surface area contributed by atoms with E-state index in [-0.39, 0.29) is 0 Å². The zero-order valence-corrected chi connectivity index (χ0v) is 13.8. The van der Waals surface area contributed by atoms with Crippen molar-refractivity contribution in [3.8, 4) is 0 Å². The molecular formula is C10H11F13O3Si. The molecule has 0 saturated carbocycles. The van der Waals surface area contributed by atoms with Gasteiger partial charge in [-0.15, -0.1) is 0 Å². The molecule has 0 bridgehead atoms. The second kappa shape index (κ2) is 7.22. The number of alkyl halides is 13. The predicted octanol–water partition coefficient (Wildman–Crippen LogP) is 4.08. The second-order valence-electron chi connectivity index (χ2n) is 5.18. The average Bonchev–Trinajstić information content (AvgIpc) is 2.43. The van der Waals surface area contributed by atoms with Gasteiger partial charge in [0, 0.05) is 19.1 Å². The molecular weight excluding hydrogens is 443 g/mol. The fraction of sp³-hybridized carbons (Fsp3) is 1.00. The summed E-state index contributed by atoms with van der Waals surface area (Å²) in [6.45, 7) is 0.488. The summed E-state index contributed by atoms with van der Waals surface area (Å²) in [6.07, 6.45) is -10.2. The van der Waals surface area contributed by atoms with Crippen molar-refractivity contribution in [2.45, 2.75) is 55.2 Å². The quantitative estimate of drug-likeness (QED) is 0.408. The first-order valence-electron chi connectivity index (χ1n) is 6.56. The molecule has 0 aromatic rings. The fourth-order valence-corrected chi connectivity index (χ4v) is 2.83. The lowest BCUT2D eigenvalue weighted by atomic mass is 9.93. The number of rotatable bonds is 9. The highest BCUT2D eigenvalue weighted by molar-refractivity contribution is 6.57. The first-order chi connectivity index (χ1) is 11.5. The molecule has 0 radical (unpaired) electrons. The molecule has 0 unspecified atom stereocenters. The molecule has 3 nitrogen and oxygen atoms in total. The van der Waals surface area contributed by atoms with Crippen molar-refractivity contribution in [1.29, 1.82) is 0 Å². The van der Waals surface area contributed by atoms with Crippen molar-refractivity contribution in [3.05, 3.63) is 0 Å². The van der Waals surface area contributed by atoms with Crippen molar-refractivity contribution >= 4 is 8.80 Å². The molecule has 0 atom stereocenters. The zero-order chi connectivity index (χ0) is 22.3. The molecule has 0 saturated heterocycles. The van der Waals surface area contributed by atoms with Crippen LogP contribution in [0.1, 0.15) is 13.3 Å². The Hall–Kier alpha value is -0.813. The third kappa shape index (κ3) is 4.45. The van der Waals surface area contributed by atoms with Gasteiger partial charge >= 0.3 is 44.6 Å². The molecule has 17 heteroatoms. The monoisotopic (exact) mass is 454 g/mol. The van der Waals surface area contributed by atoms with Crippen LogP contribution < -0.4 is 0 Å². The minimum absolute atomic E-state index is 0.576. The first kappa shape index (κ1) is 26.2. The summed E-state index contributed by atoms with van der Waals surface area (Å²) in [5.74, 6) is -37.4. The Balaban J connectivity index is 5.94. The molecule has 0 aliphatic carbocycles. The van der Waals surface area contributed by atoms with Gasteiger partial charge in [-0.3, -0.25) is 0 Å². The van der Waals surface area contributed by atoms with Gasteiger partial charge in [-0.2, -0.15) is 57.1 Å². The predicted molar refractivity (Wildman–Crippen MR) is 62.0 cm³/mol. The van der Waals surface area contributed by atoms with Crippen molar-refractivity contribution in [2.24, 2.45) is 0 Å². The summed E-state index contributed by atoms with van der Waals surface area (Å²) in [4.78, 5) is 18.1. The van der Waals surface area contributed by atoms with E-state index >= 15 is 0 Å². The average molecular weight is 454 g/mol. The Kier molecular flexibility index (Phi) is 7.00. The van der Waals surface area contributed by atoms with Gasteiger partial charge in [-0.25, -0.2) is 0 Å². The van der Waals surface area contributed by atoms with Crippen molar-refractivity contribution in [2.75, 3.05) is 6.61 Å². The van der Waals surface area contributed by atoms with Gasteiger partial charge in [-0.05, 0) is 6.92 Å². The Morgan fingerprint density at radius 3 is 1.37 bits per heavy atom. The van der Waals surface area contributed by atoms with E-state index in [0.717, 1.165) is 6.92 Å². The van der Waals surface area contributed by atoms with Crippen LogP contribution in [0.3, 0.4) is 0 Å². The van der Waals surface area contributed by atoms with E-state index in [0.29, 0.717) is 0 Å². The van der Waals surface area contributed by atoms with E-state index in [9.17, 15) is 57.1 Å². The van der Waals surface area contributed by atoms with Gasteiger partial charge in [0.2, 0.25) is 0 Å². The summed E-state index contributed by atoms with van der Waals surface area (Å²) in [5, 5.41) is 0. The van der Waals surface area contributed by atoms with Gasteiger partial charge in [0.25, 0.3) is 0 Å². The van der Waals surface area contributed by atoms with Crippen molar-refractivity contribution in [1.82, 2.24) is 0 Å². The molecule has 0 aromatic carbocycles. The summed E-state index contributed by atoms with van der Waals surface area (Å²) in [6, 6.07) is -1.87. The summed E-state index contributed by atoms with van der Waals surface area (Å²) in [7, 11) is -5.14. The molecule has 164 valence electrons. The third-order valence-electron chi connectivity index (χ3n) is 3.14. The lowest BCUT2D eigenvalue weighted by Crippen LogP contribution is -2.70. The van der Waals surface area contributed by atoms with E-state index in [1.807, 2.05) is 0 Å². The highest BCUT2D eigenvalue weighted by atomic mass is 28.4. The molecule has 0 aliphatic rings. The molecule has 0 rings (SSSR count). The van der Waals surface area contributed by atoms with E-state index in [1.54, 1.807) is 0 Å². The molecule has 0 aliphatic heterocycles. The Labute approximate surface area is 143 Å². The summed E-state index contributed by atoms with van der Waals surface area (Å²) >= 11 is 0. The molecule has 0 aromatic heterocycles. The fourth-order valence-electron chi connectivity index (χ4n) is 1.58. The molecule has 0 amide bonds. The van der Waals surface area contributed by atoms with Gasteiger partial charge < -0.3 is 14.0 Å². The van der Waals surface area contributed by atoms with Crippen LogP contribution >= 0.6 is 0 Å². The largest absolute Gasteiger partial charge is 0.495 e. The zero-order valence-electron chi connectivity index (χ0n) is 12.8. The van der Waals surface area contributed by atoms with Crippen LogP contribution in [0.15, 0.2) is 0 Å². The van der Waals surface area contributed by atoms with E-state index in [4.69, 9.17) is 9.59 Å². The topological polar surface area (TPSA) is 49.7 Å². The van der Waals surface area contributed by atoms with Crippen LogP contribution in [0.5, 0.6) is 0 Å². The number of hydrogen-bond acceptors (Lipinski definition) is 3. The Bertz CT molecular complexity index is 517. The lowest BCUT2D eigenvalue weighted by Gasteiger charge is -2.40. The van der Waals surface area contributed by atoms with Gasteiger partial charge in [0.15, 0.2) is 0 Å². The van der Waals surface area contributed by atoms with Crippen molar-refractivity contribution in [3.63, 3.8) is 0 Å². The second-order valence-corrected chi connectivity index (χ2v) is 7.45. The van der Waals surface area contributed by atoms with Crippen LogP contribution in [0.4, 0.5) is 57.1 Å². The maximum Gasteiger partial charge on any atom is 0.495 e. The minimum Gasteiger partial charge on any atom is -0.390 e. The molecule has 0 fully saturated rings. The van der Waals surface area contributed by atoms with Crippen molar-refractivity contribution < 1.29 is 71.1 Å². The van der Waals surface area contributed by atoms with Crippen LogP contribution in [0.2, 0.25) is 6.04 Å². The van der Waals surface area contributed by atoms with E-state index < -0.39 is 63.7 Å². The van der Waals surface area contributed by atoms with Crippen LogP contribution in [0.25, 0.3) is 0 Å². The summed E-state index contributed by atoms with van der Waals surface area (Å²) in [5.41, 5.74) is 0. The Morgan fingerprint density at radius 2 is 1.04 bits per heavy atom. The molecule has 0 heterocycles. The van der Waals surface area contributed by atoms with Gasteiger partial charge in [-0.1, -0.05) is 0 Å². The first-order valence-corrected chi connectivity index (χ1v) is 8.57. The normalized spacial score (nSPS) is 16.0. The molecule has 0 spiro atoms. The maximum absolute atomic E-state index is 13.3. The minimum atomic E-state index is -7.97. The highest BCUT2D eigenvalue weighted by Gasteiger charge is 2.90. The van der Waals surface area contributed by atoms with Gasteiger partial charge in [0.05, 0.1) is 0 Å². The third-order valence-corrected chi connectivity index (χ3v) is 4.79. The van der Waals surface area contributed by atoms with E-state index in [2.05, 4.69) is 4.43 Å². The van der Waals surface area contributed by atoms with E-state index in [1.165, 1.54) is 0 Å². The Morgan fingerprint density at radius 1 is 0.667 bits per heavy atom. The van der Waals surface area contributed by atoms with Crippen LogP contribution in [0, 0.1) is 0 Å². The van der Waals surface area contributed by atoms with Gasteiger partial charge in [0.1, 0.15) is 0 Å². The smallest absolute Gasteiger partial charge is 0.390 e. The lowest BCUT2D eigenvalue weighted by molar-refractivity contribution is -0.440. The van der Waals surface area contributed by atoms with Crippen LogP contribution in [-0.4, -0.2) is 60.8 Å². The molecule has 2 N–H and O–H groups in total. The number of halogens is 13. The van der Waals surface area contributed by atoms with Crippen LogP contribution in [-0.2, 0) is 4.43 Å². The maximum atomic E-state index is 13.3. The highest BCUT2D eigenvalue weighted by Crippen LogP contribution is 2.60.